The molecule has 6 nitrogen and oxygen atoms in total. The summed E-state index contributed by atoms with van der Waals surface area (Å²) in [5, 5.41) is 6.32. The molecule has 2 rings (SSSR count). The number of hydrogen-bond donors (Lipinski definition) is 2. The third-order valence-corrected chi connectivity index (χ3v) is 3.54. The van der Waals surface area contributed by atoms with Crippen molar-refractivity contribution >= 4 is 18.0 Å². The standard InChI is InChI=1S/C19H22N4O2/c1-19(2,3)16-8-6-14(7-9-16)13-22-23-18(25)17(24)21-12-15-5-4-10-20-11-15/h4-11,13H,12H2,1-3H3,(H,21,24)(H,23,25)/b22-13-. The van der Waals surface area contributed by atoms with E-state index in [0.717, 1.165) is 11.1 Å². The topological polar surface area (TPSA) is 83.5 Å². The van der Waals surface area contributed by atoms with E-state index in [1.165, 1.54) is 11.8 Å². The molecule has 0 aliphatic rings. The summed E-state index contributed by atoms with van der Waals surface area (Å²) >= 11 is 0. The molecule has 25 heavy (non-hydrogen) atoms. The number of benzene rings is 1. The van der Waals surface area contributed by atoms with E-state index in [9.17, 15) is 9.59 Å². The van der Waals surface area contributed by atoms with Crippen LogP contribution >= 0.6 is 0 Å². The lowest BCUT2D eigenvalue weighted by molar-refractivity contribution is -0.139. The molecule has 2 N–H and O–H groups in total. The lowest BCUT2D eigenvalue weighted by Gasteiger charge is -2.18. The highest BCUT2D eigenvalue weighted by molar-refractivity contribution is 6.35. The van der Waals surface area contributed by atoms with E-state index < -0.39 is 11.8 Å². The molecule has 0 aliphatic heterocycles. The van der Waals surface area contributed by atoms with Crippen molar-refractivity contribution < 1.29 is 9.59 Å². The summed E-state index contributed by atoms with van der Waals surface area (Å²) < 4.78 is 0. The van der Waals surface area contributed by atoms with Gasteiger partial charge in [0, 0.05) is 18.9 Å². The number of amides is 2. The Morgan fingerprint density at radius 2 is 1.84 bits per heavy atom. The van der Waals surface area contributed by atoms with E-state index in [0.29, 0.717) is 0 Å². The van der Waals surface area contributed by atoms with E-state index in [1.807, 2.05) is 30.3 Å². The van der Waals surface area contributed by atoms with Gasteiger partial charge in [-0.05, 0) is 28.2 Å². The molecule has 1 aromatic carbocycles. The van der Waals surface area contributed by atoms with E-state index in [-0.39, 0.29) is 12.0 Å². The Morgan fingerprint density at radius 3 is 2.44 bits per heavy atom. The first-order chi connectivity index (χ1) is 11.9. The predicted octanol–water partition coefficient (Wildman–Crippen LogP) is 2.15. The second kappa shape index (κ2) is 8.19. The maximum absolute atomic E-state index is 11.7. The van der Waals surface area contributed by atoms with Gasteiger partial charge < -0.3 is 5.32 Å². The summed E-state index contributed by atoms with van der Waals surface area (Å²) in [6.45, 7) is 6.65. The van der Waals surface area contributed by atoms with Crippen LogP contribution in [0.5, 0.6) is 0 Å². The summed E-state index contributed by atoms with van der Waals surface area (Å²) in [5.41, 5.74) is 5.15. The molecule has 0 bridgehead atoms. The molecule has 0 spiro atoms. The number of aromatic nitrogens is 1. The van der Waals surface area contributed by atoms with Crippen LogP contribution in [0.2, 0.25) is 0 Å². The maximum Gasteiger partial charge on any atom is 0.329 e. The Kier molecular flexibility index (Phi) is 6.00. The second-order valence-corrected chi connectivity index (χ2v) is 6.62. The predicted molar refractivity (Wildman–Crippen MR) is 97.0 cm³/mol. The van der Waals surface area contributed by atoms with Crippen LogP contribution in [0.3, 0.4) is 0 Å². The minimum atomic E-state index is -0.813. The van der Waals surface area contributed by atoms with Crippen molar-refractivity contribution in [3.05, 3.63) is 65.5 Å². The number of nitrogens with one attached hydrogen (secondary N) is 2. The smallest absolute Gasteiger partial charge is 0.329 e. The van der Waals surface area contributed by atoms with Gasteiger partial charge in [0.15, 0.2) is 0 Å². The molecule has 130 valence electrons. The molecular formula is C19H22N4O2. The Hall–Kier alpha value is -3.02. The van der Waals surface area contributed by atoms with Gasteiger partial charge in [-0.2, -0.15) is 5.10 Å². The van der Waals surface area contributed by atoms with E-state index >= 15 is 0 Å². The van der Waals surface area contributed by atoms with Crippen LogP contribution in [0.4, 0.5) is 0 Å². The van der Waals surface area contributed by atoms with Crippen LogP contribution < -0.4 is 10.7 Å². The molecule has 0 saturated carbocycles. The fourth-order valence-electron chi connectivity index (χ4n) is 2.05. The largest absolute Gasteiger partial charge is 0.344 e. The van der Waals surface area contributed by atoms with Crippen molar-refractivity contribution in [2.45, 2.75) is 32.7 Å². The molecule has 6 heteroatoms. The van der Waals surface area contributed by atoms with Crippen LogP contribution in [0.25, 0.3) is 0 Å². The number of hydrogen-bond acceptors (Lipinski definition) is 4. The molecule has 1 aromatic heterocycles. The molecular weight excluding hydrogens is 316 g/mol. The van der Waals surface area contributed by atoms with Crippen molar-refractivity contribution in [1.82, 2.24) is 15.7 Å². The summed E-state index contributed by atoms with van der Waals surface area (Å²) in [6.07, 6.45) is 4.76. The SMILES string of the molecule is CC(C)(C)c1ccc(/C=N\NC(=O)C(=O)NCc2cccnc2)cc1. The van der Waals surface area contributed by atoms with E-state index in [1.54, 1.807) is 18.5 Å². The zero-order valence-corrected chi connectivity index (χ0v) is 14.6. The average molecular weight is 338 g/mol. The van der Waals surface area contributed by atoms with Crippen LogP contribution in [-0.4, -0.2) is 23.0 Å². The fraction of sp³-hybridized carbons (Fsp3) is 0.263. The zero-order valence-electron chi connectivity index (χ0n) is 14.6. The number of nitrogens with zero attached hydrogens (tertiary/aromatic N) is 2. The van der Waals surface area contributed by atoms with Gasteiger partial charge in [0.25, 0.3) is 0 Å². The summed E-state index contributed by atoms with van der Waals surface area (Å²) in [6, 6.07) is 11.4. The fourth-order valence-corrected chi connectivity index (χ4v) is 2.05. The first kappa shape index (κ1) is 18.3. The second-order valence-electron chi connectivity index (χ2n) is 6.62. The van der Waals surface area contributed by atoms with Crippen molar-refractivity contribution in [2.24, 2.45) is 5.10 Å². The van der Waals surface area contributed by atoms with Crippen LogP contribution in [-0.2, 0) is 21.5 Å². The molecule has 0 fully saturated rings. The molecule has 0 saturated heterocycles. The van der Waals surface area contributed by atoms with Gasteiger partial charge in [-0.3, -0.25) is 14.6 Å². The molecule has 0 unspecified atom stereocenters. The Morgan fingerprint density at radius 1 is 1.12 bits per heavy atom. The minimum Gasteiger partial charge on any atom is -0.344 e. The molecule has 1 heterocycles. The third kappa shape index (κ3) is 5.84. The highest BCUT2D eigenvalue weighted by Gasteiger charge is 2.13. The number of rotatable bonds is 4. The number of carbonyl (C=O) groups excluding carboxylic acids is 2. The van der Waals surface area contributed by atoms with Gasteiger partial charge in [0.2, 0.25) is 0 Å². The van der Waals surface area contributed by atoms with Gasteiger partial charge in [-0.1, -0.05) is 51.1 Å². The molecule has 0 aliphatic carbocycles. The Labute approximate surface area is 147 Å². The zero-order chi connectivity index (χ0) is 18.3. The lowest BCUT2D eigenvalue weighted by atomic mass is 9.87. The highest BCUT2D eigenvalue weighted by Crippen LogP contribution is 2.21. The van der Waals surface area contributed by atoms with Crippen molar-refractivity contribution in [3.63, 3.8) is 0 Å². The van der Waals surface area contributed by atoms with Crippen LogP contribution in [0.15, 0.2) is 53.9 Å². The number of hydrazone groups is 1. The van der Waals surface area contributed by atoms with Crippen molar-refractivity contribution in [2.75, 3.05) is 0 Å². The van der Waals surface area contributed by atoms with E-state index in [4.69, 9.17) is 0 Å². The van der Waals surface area contributed by atoms with Crippen LogP contribution in [0, 0.1) is 0 Å². The van der Waals surface area contributed by atoms with Gasteiger partial charge in [-0.15, -0.1) is 0 Å². The van der Waals surface area contributed by atoms with Gasteiger partial charge in [-0.25, -0.2) is 5.43 Å². The summed E-state index contributed by atoms with van der Waals surface area (Å²) in [7, 11) is 0. The van der Waals surface area contributed by atoms with Crippen molar-refractivity contribution in [1.29, 1.82) is 0 Å². The highest BCUT2D eigenvalue weighted by atomic mass is 16.2. The lowest BCUT2D eigenvalue weighted by Crippen LogP contribution is -2.37. The summed E-state index contributed by atoms with van der Waals surface area (Å²) in [4.78, 5) is 27.3. The number of carbonyl (C=O) groups is 2. The van der Waals surface area contributed by atoms with Crippen molar-refractivity contribution in [3.8, 4) is 0 Å². The minimum absolute atomic E-state index is 0.0796. The molecule has 2 amide bonds. The van der Waals surface area contributed by atoms with Crippen LogP contribution in [0.1, 0.15) is 37.5 Å². The first-order valence-electron chi connectivity index (χ1n) is 7.97. The number of pyridine rings is 1. The summed E-state index contributed by atoms with van der Waals surface area (Å²) in [5.74, 6) is -1.56. The third-order valence-electron chi connectivity index (χ3n) is 3.54. The normalized spacial score (nSPS) is 11.3. The monoisotopic (exact) mass is 338 g/mol. The molecule has 0 atom stereocenters. The molecule has 2 aromatic rings. The van der Waals surface area contributed by atoms with E-state index in [2.05, 4.69) is 41.6 Å². The Balaban J connectivity index is 1.82. The quantitative estimate of drug-likeness (QED) is 0.509. The maximum atomic E-state index is 11.7. The van der Waals surface area contributed by atoms with Gasteiger partial charge in [0.05, 0.1) is 6.21 Å². The first-order valence-corrected chi connectivity index (χ1v) is 7.97. The Bertz CT molecular complexity index is 747. The van der Waals surface area contributed by atoms with Gasteiger partial charge in [0.1, 0.15) is 0 Å². The molecule has 0 radical (unpaired) electrons. The van der Waals surface area contributed by atoms with Gasteiger partial charge >= 0.3 is 11.8 Å². The average Bonchev–Trinajstić information content (AvgIpc) is 2.60.